The second-order valence-corrected chi connectivity index (χ2v) is 13.5. The number of hydrogen-bond acceptors (Lipinski definition) is 8. The Labute approximate surface area is 304 Å². The SMILES string of the molecule is OCCCOc1ccc(C(c2ccc(OCC3CO3)cc2)c2ccc(C(c3ccc(OCC4CO4)cc3)c3ccc(OCC4CO4)cc3)cc2)cc1. The molecule has 3 aliphatic rings. The molecule has 268 valence electrons. The molecule has 0 radical (unpaired) electrons. The second-order valence-electron chi connectivity index (χ2n) is 13.5. The molecule has 1 N–H and O–H groups in total. The maximum atomic E-state index is 9.17. The smallest absolute Gasteiger partial charge is 0.119 e. The molecule has 0 amide bonds. The van der Waals surface area contributed by atoms with Crippen LogP contribution in [-0.4, -0.2) is 76.3 Å². The summed E-state index contributed by atoms with van der Waals surface area (Å²) in [6.07, 6.45) is 1.22. The Hall–Kier alpha value is -4.86. The second kappa shape index (κ2) is 16.2. The molecular formula is C44H44O8. The minimum atomic E-state index is -0.0152. The quantitative estimate of drug-likeness (QED) is 0.0552. The molecule has 0 spiro atoms. The zero-order valence-corrected chi connectivity index (χ0v) is 29.1. The highest BCUT2D eigenvalue weighted by Crippen LogP contribution is 2.38. The first-order chi connectivity index (χ1) is 25.7. The van der Waals surface area contributed by atoms with Gasteiger partial charge in [-0.1, -0.05) is 72.8 Å². The van der Waals surface area contributed by atoms with E-state index < -0.39 is 0 Å². The Morgan fingerprint density at radius 2 is 0.673 bits per heavy atom. The third-order valence-corrected chi connectivity index (χ3v) is 9.54. The van der Waals surface area contributed by atoms with Crippen LogP contribution in [0.5, 0.6) is 23.0 Å². The van der Waals surface area contributed by atoms with Gasteiger partial charge in [0.1, 0.15) is 61.1 Å². The van der Waals surface area contributed by atoms with E-state index in [9.17, 15) is 0 Å². The van der Waals surface area contributed by atoms with Crippen molar-refractivity contribution in [2.24, 2.45) is 0 Å². The van der Waals surface area contributed by atoms with Crippen LogP contribution in [0.4, 0.5) is 0 Å². The Balaban J connectivity index is 1.08. The summed E-state index contributed by atoms with van der Waals surface area (Å²) >= 11 is 0. The third kappa shape index (κ3) is 9.13. The average Bonchev–Trinajstić information content (AvgIpc) is 4.04. The Morgan fingerprint density at radius 1 is 0.423 bits per heavy atom. The van der Waals surface area contributed by atoms with Gasteiger partial charge in [-0.15, -0.1) is 0 Å². The lowest BCUT2D eigenvalue weighted by molar-refractivity contribution is 0.233. The summed E-state index contributed by atoms with van der Waals surface area (Å²) in [5.41, 5.74) is 7.01. The van der Waals surface area contributed by atoms with Crippen LogP contribution in [0.25, 0.3) is 0 Å². The summed E-state index contributed by atoms with van der Waals surface area (Å²) in [7, 11) is 0. The lowest BCUT2D eigenvalue weighted by Gasteiger charge is -2.23. The summed E-state index contributed by atoms with van der Waals surface area (Å²) in [4.78, 5) is 0. The van der Waals surface area contributed by atoms with Gasteiger partial charge in [-0.05, 0) is 81.9 Å². The van der Waals surface area contributed by atoms with Crippen LogP contribution in [0, 0.1) is 0 Å². The molecular weight excluding hydrogens is 656 g/mol. The van der Waals surface area contributed by atoms with E-state index in [0.717, 1.165) is 53.9 Å². The van der Waals surface area contributed by atoms with Gasteiger partial charge in [0.15, 0.2) is 0 Å². The van der Waals surface area contributed by atoms with Gasteiger partial charge in [-0.2, -0.15) is 0 Å². The van der Waals surface area contributed by atoms with E-state index in [-0.39, 0.29) is 36.8 Å². The maximum Gasteiger partial charge on any atom is 0.119 e. The van der Waals surface area contributed by atoms with E-state index in [4.69, 9.17) is 38.3 Å². The molecule has 0 aliphatic carbocycles. The molecule has 3 saturated heterocycles. The molecule has 4 atom stereocenters. The predicted molar refractivity (Wildman–Crippen MR) is 197 cm³/mol. The standard InChI is InChI=1S/C44H44O8/c45-22-1-23-46-36-14-6-32(7-15-36)43(33-8-16-37(17-9-33)47-24-40-27-50-40)30-2-4-31(5-3-30)44(34-10-18-38(19-11-34)48-25-41-28-51-41)35-12-20-39(21-13-35)49-26-42-29-52-42/h2-21,40-45H,1,22-29H2. The van der Waals surface area contributed by atoms with Crippen molar-refractivity contribution in [3.05, 3.63) is 155 Å². The van der Waals surface area contributed by atoms with Crippen LogP contribution < -0.4 is 18.9 Å². The van der Waals surface area contributed by atoms with Crippen LogP contribution in [-0.2, 0) is 14.2 Å². The van der Waals surface area contributed by atoms with Crippen LogP contribution in [0.3, 0.4) is 0 Å². The van der Waals surface area contributed by atoms with Crippen LogP contribution >= 0.6 is 0 Å². The summed E-state index contributed by atoms with van der Waals surface area (Å²) in [5, 5.41) is 9.17. The fourth-order valence-electron chi connectivity index (χ4n) is 6.38. The maximum absolute atomic E-state index is 9.17. The van der Waals surface area contributed by atoms with Gasteiger partial charge < -0.3 is 38.3 Å². The molecule has 8 rings (SSSR count). The molecule has 3 aliphatic heterocycles. The van der Waals surface area contributed by atoms with Crippen molar-refractivity contribution in [1.82, 2.24) is 0 Å². The molecule has 8 nitrogen and oxygen atoms in total. The van der Waals surface area contributed by atoms with E-state index in [1.807, 2.05) is 48.5 Å². The lowest BCUT2D eigenvalue weighted by Crippen LogP contribution is -2.08. The highest BCUT2D eigenvalue weighted by atomic mass is 16.6. The topological polar surface area (TPSA) is 94.7 Å². The molecule has 4 unspecified atom stereocenters. The fraction of sp³-hybridized carbons (Fsp3) is 0.318. The molecule has 5 aromatic carbocycles. The first kappa shape index (κ1) is 34.2. The number of ether oxygens (including phenoxy) is 7. The number of epoxide rings is 3. The minimum absolute atomic E-state index is 0.00337. The van der Waals surface area contributed by atoms with Gasteiger partial charge >= 0.3 is 0 Å². The predicted octanol–water partition coefficient (Wildman–Crippen LogP) is 7.14. The molecule has 0 aromatic heterocycles. The van der Waals surface area contributed by atoms with Gasteiger partial charge in [-0.25, -0.2) is 0 Å². The van der Waals surface area contributed by atoms with Crippen molar-refractivity contribution in [3.63, 3.8) is 0 Å². The van der Waals surface area contributed by atoms with Crippen molar-refractivity contribution in [3.8, 4) is 23.0 Å². The van der Waals surface area contributed by atoms with Gasteiger partial charge in [0.25, 0.3) is 0 Å². The molecule has 52 heavy (non-hydrogen) atoms. The lowest BCUT2D eigenvalue weighted by atomic mass is 9.81. The number of benzene rings is 5. The zero-order chi connectivity index (χ0) is 35.1. The Kier molecular flexibility index (Phi) is 10.7. The van der Waals surface area contributed by atoms with Crippen molar-refractivity contribution in [2.75, 3.05) is 52.9 Å². The monoisotopic (exact) mass is 700 g/mol. The largest absolute Gasteiger partial charge is 0.494 e. The van der Waals surface area contributed by atoms with Crippen molar-refractivity contribution >= 4 is 0 Å². The zero-order valence-electron chi connectivity index (χ0n) is 29.1. The van der Waals surface area contributed by atoms with Crippen molar-refractivity contribution in [2.45, 2.75) is 36.6 Å². The van der Waals surface area contributed by atoms with Crippen molar-refractivity contribution in [1.29, 1.82) is 0 Å². The van der Waals surface area contributed by atoms with Crippen molar-refractivity contribution < 1.29 is 38.3 Å². The number of hydrogen-bond donors (Lipinski definition) is 1. The molecule has 3 fully saturated rings. The first-order valence-electron chi connectivity index (χ1n) is 18.1. The molecule has 0 saturated carbocycles. The molecule has 3 heterocycles. The summed E-state index contributed by atoms with van der Waals surface area (Å²) in [6.45, 7) is 4.60. The van der Waals surface area contributed by atoms with Gasteiger partial charge in [0.05, 0.1) is 26.4 Å². The molecule has 8 heteroatoms. The first-order valence-corrected chi connectivity index (χ1v) is 18.1. The van der Waals surface area contributed by atoms with E-state index >= 15 is 0 Å². The highest BCUT2D eigenvalue weighted by Gasteiger charge is 2.26. The number of aliphatic hydroxyl groups is 1. The van der Waals surface area contributed by atoms with Gasteiger partial charge in [-0.3, -0.25) is 0 Å². The summed E-state index contributed by atoms with van der Waals surface area (Å²) in [6, 6.07) is 42.4. The number of rotatable bonds is 19. The van der Waals surface area contributed by atoms with Crippen LogP contribution in [0.1, 0.15) is 51.6 Å². The average molecular weight is 701 g/mol. The Bertz CT molecular complexity index is 1790. The van der Waals surface area contributed by atoms with E-state index in [1.165, 1.54) is 22.3 Å². The molecule has 0 bridgehead atoms. The summed E-state index contributed by atoms with van der Waals surface area (Å²) in [5.74, 6) is 3.27. The van der Waals surface area contributed by atoms with E-state index in [2.05, 4.69) is 72.8 Å². The van der Waals surface area contributed by atoms with E-state index in [1.54, 1.807) is 0 Å². The normalized spacial score (nSPS) is 19.7. The third-order valence-electron chi connectivity index (χ3n) is 9.54. The van der Waals surface area contributed by atoms with Crippen LogP contribution in [0.15, 0.2) is 121 Å². The number of aliphatic hydroxyl groups excluding tert-OH is 1. The van der Waals surface area contributed by atoms with Gasteiger partial charge in [0.2, 0.25) is 0 Å². The fourth-order valence-corrected chi connectivity index (χ4v) is 6.38. The highest BCUT2D eigenvalue weighted by molar-refractivity contribution is 5.50. The Morgan fingerprint density at radius 3 is 0.923 bits per heavy atom. The van der Waals surface area contributed by atoms with Crippen LogP contribution in [0.2, 0.25) is 0 Å². The summed E-state index contributed by atoms with van der Waals surface area (Å²) < 4.78 is 39.6. The van der Waals surface area contributed by atoms with Gasteiger partial charge in [0, 0.05) is 24.9 Å². The molecule has 5 aromatic rings. The van der Waals surface area contributed by atoms with E-state index in [0.29, 0.717) is 32.8 Å². The minimum Gasteiger partial charge on any atom is -0.494 e.